The molecule has 7 heteroatoms. The molecule has 152 valence electrons. The number of nitrogens with zero attached hydrogens (tertiary/aromatic N) is 3. The van der Waals surface area contributed by atoms with Gasteiger partial charge in [0.2, 0.25) is 5.91 Å². The molecule has 1 saturated heterocycles. The van der Waals surface area contributed by atoms with Crippen LogP contribution in [0.25, 0.3) is 11.0 Å². The number of aromatic nitrogens is 2. The Kier molecular flexibility index (Phi) is 5.78. The van der Waals surface area contributed by atoms with Gasteiger partial charge >= 0.3 is 5.69 Å². The van der Waals surface area contributed by atoms with Crippen molar-refractivity contribution in [2.75, 3.05) is 26.3 Å². The van der Waals surface area contributed by atoms with E-state index in [0.29, 0.717) is 6.54 Å². The van der Waals surface area contributed by atoms with Crippen molar-refractivity contribution in [3.05, 3.63) is 70.1 Å². The molecule has 1 fully saturated rings. The van der Waals surface area contributed by atoms with Crippen molar-refractivity contribution in [1.29, 1.82) is 0 Å². The smallest absolute Gasteiger partial charge is 0.329 e. The first-order chi connectivity index (χ1) is 14.1. The minimum atomic E-state index is -0.186. The van der Waals surface area contributed by atoms with Gasteiger partial charge in [-0.15, -0.1) is 0 Å². The molecule has 2 heterocycles. The van der Waals surface area contributed by atoms with Crippen LogP contribution >= 0.6 is 0 Å². The van der Waals surface area contributed by atoms with Gasteiger partial charge in [0, 0.05) is 33.2 Å². The maximum absolute atomic E-state index is 12.5. The zero-order chi connectivity index (χ0) is 20.2. The molecule has 1 amide bonds. The lowest BCUT2D eigenvalue weighted by molar-refractivity contribution is -0.121. The highest BCUT2D eigenvalue weighted by Gasteiger charge is 2.14. The van der Waals surface area contributed by atoms with E-state index >= 15 is 0 Å². The number of rotatable bonds is 6. The number of hydrogen-bond donors (Lipinski definition) is 1. The van der Waals surface area contributed by atoms with E-state index in [1.54, 1.807) is 11.6 Å². The van der Waals surface area contributed by atoms with E-state index in [0.717, 1.165) is 49.4 Å². The minimum absolute atomic E-state index is 0.00759. The first kappa shape index (κ1) is 19.4. The van der Waals surface area contributed by atoms with Crippen LogP contribution < -0.4 is 11.0 Å². The van der Waals surface area contributed by atoms with Crippen molar-refractivity contribution in [3.63, 3.8) is 0 Å². The van der Waals surface area contributed by atoms with Gasteiger partial charge in [-0.05, 0) is 23.3 Å². The summed E-state index contributed by atoms with van der Waals surface area (Å²) >= 11 is 0. The predicted molar refractivity (Wildman–Crippen MR) is 112 cm³/mol. The molecule has 0 bridgehead atoms. The molecule has 1 aliphatic rings. The van der Waals surface area contributed by atoms with Crippen LogP contribution in [0.1, 0.15) is 11.1 Å². The van der Waals surface area contributed by atoms with Crippen molar-refractivity contribution in [1.82, 2.24) is 19.4 Å². The molecule has 0 radical (unpaired) electrons. The Morgan fingerprint density at radius 1 is 1.03 bits per heavy atom. The predicted octanol–water partition coefficient (Wildman–Crippen LogP) is 1.49. The maximum atomic E-state index is 12.5. The summed E-state index contributed by atoms with van der Waals surface area (Å²) in [6.45, 7) is 4.79. The first-order valence-electron chi connectivity index (χ1n) is 9.91. The summed E-state index contributed by atoms with van der Waals surface area (Å²) < 4.78 is 8.48. The number of para-hydroxylation sites is 2. The fourth-order valence-electron chi connectivity index (χ4n) is 3.77. The molecule has 0 unspecified atom stereocenters. The molecule has 7 nitrogen and oxygen atoms in total. The summed E-state index contributed by atoms with van der Waals surface area (Å²) in [6.07, 6.45) is 0. The average Bonchev–Trinajstić information content (AvgIpc) is 2.98. The molecule has 1 N–H and O–H groups in total. The molecule has 4 rings (SSSR count). The van der Waals surface area contributed by atoms with E-state index in [1.165, 1.54) is 10.1 Å². The standard InChI is InChI=1S/C22H26N4O3/c1-24-19-7-2-3-8-20(19)26(22(24)28)16-21(27)23-14-17-5-4-6-18(13-17)15-25-9-11-29-12-10-25/h2-8,13H,9-12,14-16H2,1H3,(H,23,27). The SMILES string of the molecule is Cn1c(=O)n(CC(=O)NCc2cccc(CN3CCOCC3)c2)c2ccccc21. The van der Waals surface area contributed by atoms with Crippen LogP contribution in [0.3, 0.4) is 0 Å². The Hall–Kier alpha value is -2.90. The summed E-state index contributed by atoms with van der Waals surface area (Å²) in [5.41, 5.74) is 3.68. The van der Waals surface area contributed by atoms with Crippen molar-refractivity contribution in [3.8, 4) is 0 Å². The number of nitrogens with one attached hydrogen (secondary N) is 1. The van der Waals surface area contributed by atoms with E-state index in [-0.39, 0.29) is 18.1 Å². The third kappa shape index (κ3) is 4.41. The molecule has 0 saturated carbocycles. The van der Waals surface area contributed by atoms with Crippen LogP contribution in [0, 0.1) is 0 Å². The van der Waals surface area contributed by atoms with E-state index in [9.17, 15) is 9.59 Å². The van der Waals surface area contributed by atoms with E-state index in [4.69, 9.17) is 4.74 Å². The largest absolute Gasteiger partial charge is 0.379 e. The number of carbonyl (C=O) groups excluding carboxylic acids is 1. The fourth-order valence-corrected chi connectivity index (χ4v) is 3.77. The zero-order valence-corrected chi connectivity index (χ0v) is 16.6. The number of aryl methyl sites for hydroxylation is 1. The van der Waals surface area contributed by atoms with Gasteiger partial charge in [0.15, 0.2) is 0 Å². The molecule has 2 aromatic carbocycles. The lowest BCUT2D eigenvalue weighted by atomic mass is 10.1. The summed E-state index contributed by atoms with van der Waals surface area (Å²) in [5.74, 6) is -0.179. The lowest BCUT2D eigenvalue weighted by Crippen LogP contribution is -2.35. The number of carbonyl (C=O) groups is 1. The molecule has 1 aliphatic heterocycles. The fraction of sp³-hybridized carbons (Fsp3) is 0.364. The van der Waals surface area contributed by atoms with Crippen LogP contribution in [0.15, 0.2) is 53.3 Å². The van der Waals surface area contributed by atoms with Crippen LogP contribution in [0.5, 0.6) is 0 Å². The van der Waals surface area contributed by atoms with Gasteiger partial charge in [-0.25, -0.2) is 4.79 Å². The summed E-state index contributed by atoms with van der Waals surface area (Å²) in [6, 6.07) is 15.8. The van der Waals surface area contributed by atoms with E-state index in [2.05, 4.69) is 22.3 Å². The van der Waals surface area contributed by atoms with Crippen molar-refractivity contribution in [2.24, 2.45) is 7.05 Å². The average molecular weight is 394 g/mol. The monoisotopic (exact) mass is 394 g/mol. The molecule has 0 aliphatic carbocycles. The number of ether oxygens (including phenoxy) is 1. The Labute approximate surface area is 169 Å². The number of benzene rings is 2. The summed E-state index contributed by atoms with van der Waals surface area (Å²) in [4.78, 5) is 27.3. The summed E-state index contributed by atoms with van der Waals surface area (Å²) in [7, 11) is 1.72. The first-order valence-corrected chi connectivity index (χ1v) is 9.91. The second-order valence-corrected chi connectivity index (χ2v) is 7.40. The second-order valence-electron chi connectivity index (χ2n) is 7.40. The van der Waals surface area contributed by atoms with E-state index in [1.807, 2.05) is 36.4 Å². The molecular formula is C22H26N4O3. The van der Waals surface area contributed by atoms with Crippen molar-refractivity contribution in [2.45, 2.75) is 19.6 Å². The van der Waals surface area contributed by atoms with Crippen LogP contribution in [-0.2, 0) is 36.2 Å². The number of morpholine rings is 1. The van der Waals surface area contributed by atoms with Gasteiger partial charge < -0.3 is 10.1 Å². The van der Waals surface area contributed by atoms with Crippen LogP contribution in [0.2, 0.25) is 0 Å². The van der Waals surface area contributed by atoms with Gasteiger partial charge in [0.1, 0.15) is 6.54 Å². The lowest BCUT2D eigenvalue weighted by Gasteiger charge is -2.26. The highest BCUT2D eigenvalue weighted by atomic mass is 16.5. The topological polar surface area (TPSA) is 68.5 Å². The van der Waals surface area contributed by atoms with Gasteiger partial charge in [0.05, 0.1) is 24.2 Å². The number of fused-ring (bicyclic) bond motifs is 1. The molecule has 0 spiro atoms. The zero-order valence-electron chi connectivity index (χ0n) is 16.6. The molecule has 3 aromatic rings. The van der Waals surface area contributed by atoms with Gasteiger partial charge in [-0.2, -0.15) is 0 Å². The second kappa shape index (κ2) is 8.63. The van der Waals surface area contributed by atoms with Gasteiger partial charge in [-0.3, -0.25) is 18.8 Å². The Balaban J connectivity index is 1.38. The summed E-state index contributed by atoms with van der Waals surface area (Å²) in [5, 5.41) is 2.94. The highest BCUT2D eigenvalue weighted by Crippen LogP contribution is 2.12. The normalized spacial score (nSPS) is 14.9. The van der Waals surface area contributed by atoms with Crippen LogP contribution in [-0.4, -0.2) is 46.2 Å². The Morgan fingerprint density at radius 2 is 1.76 bits per heavy atom. The molecular weight excluding hydrogens is 368 g/mol. The number of amides is 1. The third-order valence-corrected chi connectivity index (χ3v) is 5.34. The quantitative estimate of drug-likeness (QED) is 0.688. The number of hydrogen-bond acceptors (Lipinski definition) is 4. The van der Waals surface area contributed by atoms with Gasteiger partial charge in [0.25, 0.3) is 0 Å². The number of imidazole rings is 1. The molecule has 0 atom stereocenters. The van der Waals surface area contributed by atoms with Crippen molar-refractivity contribution >= 4 is 16.9 Å². The molecule has 29 heavy (non-hydrogen) atoms. The maximum Gasteiger partial charge on any atom is 0.329 e. The highest BCUT2D eigenvalue weighted by molar-refractivity contribution is 5.80. The van der Waals surface area contributed by atoms with Gasteiger partial charge in [-0.1, -0.05) is 36.4 Å². The Morgan fingerprint density at radius 3 is 2.55 bits per heavy atom. The minimum Gasteiger partial charge on any atom is -0.379 e. The van der Waals surface area contributed by atoms with Crippen molar-refractivity contribution < 1.29 is 9.53 Å². The Bertz CT molecular complexity index is 1060. The third-order valence-electron chi connectivity index (χ3n) is 5.34. The van der Waals surface area contributed by atoms with Crippen LogP contribution in [0.4, 0.5) is 0 Å². The van der Waals surface area contributed by atoms with E-state index < -0.39 is 0 Å². The molecule has 1 aromatic heterocycles.